The van der Waals surface area contributed by atoms with Crippen LogP contribution in [0.1, 0.15) is 16.3 Å². The van der Waals surface area contributed by atoms with Crippen LogP contribution in [0, 0.1) is 18.3 Å². The van der Waals surface area contributed by atoms with Crippen LogP contribution >= 0.6 is 11.3 Å². The molecule has 0 amide bonds. The standard InChI is InChI=1S/C15H12N4OS/c1-10-18-19-15(20-10)13-4-2-3-5-14(13)17-8-12-6-11(7-16)9-21-12/h2-6,9,17H,8H2,1H3. The van der Waals surface area contributed by atoms with Crippen molar-refractivity contribution in [1.29, 1.82) is 5.26 Å². The number of nitriles is 1. The van der Waals surface area contributed by atoms with Crippen molar-refractivity contribution >= 4 is 17.0 Å². The van der Waals surface area contributed by atoms with Gasteiger partial charge in [-0.15, -0.1) is 21.5 Å². The number of rotatable bonds is 4. The molecule has 0 saturated heterocycles. The Labute approximate surface area is 125 Å². The number of hydrogen-bond donors (Lipinski definition) is 1. The molecule has 5 nitrogen and oxygen atoms in total. The second-order valence-corrected chi connectivity index (χ2v) is 5.43. The van der Waals surface area contributed by atoms with E-state index < -0.39 is 0 Å². The molecule has 1 N–H and O–H groups in total. The van der Waals surface area contributed by atoms with Crippen molar-refractivity contribution in [1.82, 2.24) is 10.2 Å². The maximum atomic E-state index is 8.84. The van der Waals surface area contributed by atoms with Crippen LogP contribution < -0.4 is 5.32 Å². The zero-order chi connectivity index (χ0) is 14.7. The third kappa shape index (κ3) is 2.93. The summed E-state index contributed by atoms with van der Waals surface area (Å²) in [4.78, 5) is 1.10. The number of aromatic nitrogens is 2. The number of para-hydroxylation sites is 1. The summed E-state index contributed by atoms with van der Waals surface area (Å²) < 4.78 is 5.48. The smallest absolute Gasteiger partial charge is 0.249 e. The zero-order valence-corrected chi connectivity index (χ0v) is 12.1. The van der Waals surface area contributed by atoms with Gasteiger partial charge in [-0.25, -0.2) is 0 Å². The monoisotopic (exact) mass is 296 g/mol. The lowest BCUT2D eigenvalue weighted by atomic mass is 10.1. The molecule has 0 fully saturated rings. The molecule has 0 saturated carbocycles. The average molecular weight is 296 g/mol. The number of aryl methyl sites for hydroxylation is 1. The minimum absolute atomic E-state index is 0.500. The van der Waals surface area contributed by atoms with Gasteiger partial charge in [0.15, 0.2) is 0 Å². The van der Waals surface area contributed by atoms with Gasteiger partial charge >= 0.3 is 0 Å². The topological polar surface area (TPSA) is 74.7 Å². The quantitative estimate of drug-likeness (QED) is 0.796. The highest BCUT2D eigenvalue weighted by atomic mass is 32.1. The molecule has 0 unspecified atom stereocenters. The molecule has 3 aromatic rings. The van der Waals surface area contributed by atoms with E-state index in [4.69, 9.17) is 9.68 Å². The third-order valence-electron chi connectivity index (χ3n) is 2.92. The van der Waals surface area contributed by atoms with Gasteiger partial charge in [0.1, 0.15) is 6.07 Å². The molecule has 0 aliphatic heterocycles. The fourth-order valence-electron chi connectivity index (χ4n) is 1.94. The van der Waals surface area contributed by atoms with Gasteiger partial charge in [-0.05, 0) is 18.2 Å². The van der Waals surface area contributed by atoms with Gasteiger partial charge in [0.2, 0.25) is 11.8 Å². The molecular weight excluding hydrogens is 284 g/mol. The Hall–Kier alpha value is -2.65. The fourth-order valence-corrected chi connectivity index (χ4v) is 2.69. The number of thiophene rings is 1. The minimum Gasteiger partial charge on any atom is -0.421 e. The highest BCUT2D eigenvalue weighted by molar-refractivity contribution is 7.10. The number of hydrogen-bond acceptors (Lipinski definition) is 6. The molecule has 0 radical (unpaired) electrons. The van der Waals surface area contributed by atoms with Gasteiger partial charge in [-0.1, -0.05) is 12.1 Å². The van der Waals surface area contributed by atoms with Crippen molar-refractivity contribution in [3.8, 4) is 17.5 Å². The molecule has 21 heavy (non-hydrogen) atoms. The van der Waals surface area contributed by atoms with Gasteiger partial charge in [0.05, 0.1) is 11.1 Å². The molecular formula is C15H12N4OS. The Balaban J connectivity index is 1.81. The van der Waals surface area contributed by atoms with Crippen LogP contribution in [0.5, 0.6) is 0 Å². The van der Waals surface area contributed by atoms with Gasteiger partial charge < -0.3 is 9.73 Å². The molecule has 0 spiro atoms. The van der Waals surface area contributed by atoms with E-state index in [0.717, 1.165) is 16.1 Å². The van der Waals surface area contributed by atoms with Crippen LogP contribution in [0.2, 0.25) is 0 Å². The fraction of sp³-hybridized carbons (Fsp3) is 0.133. The van der Waals surface area contributed by atoms with Crippen LogP contribution in [0.4, 0.5) is 5.69 Å². The van der Waals surface area contributed by atoms with Gasteiger partial charge in [-0.2, -0.15) is 5.26 Å². The van der Waals surface area contributed by atoms with E-state index >= 15 is 0 Å². The van der Waals surface area contributed by atoms with E-state index in [-0.39, 0.29) is 0 Å². The lowest BCUT2D eigenvalue weighted by molar-refractivity contribution is 0.533. The predicted octanol–water partition coefficient (Wildman–Crippen LogP) is 3.59. The Kier molecular flexibility index (Phi) is 3.67. The van der Waals surface area contributed by atoms with Crippen molar-refractivity contribution in [2.45, 2.75) is 13.5 Å². The molecule has 104 valence electrons. The van der Waals surface area contributed by atoms with E-state index in [1.165, 1.54) is 0 Å². The summed E-state index contributed by atoms with van der Waals surface area (Å²) >= 11 is 1.56. The van der Waals surface area contributed by atoms with Gasteiger partial charge in [-0.3, -0.25) is 0 Å². The normalized spacial score (nSPS) is 10.3. The van der Waals surface area contributed by atoms with E-state index in [1.54, 1.807) is 18.3 Å². The highest BCUT2D eigenvalue weighted by Crippen LogP contribution is 2.27. The first kappa shape index (κ1) is 13.3. The lowest BCUT2D eigenvalue weighted by Gasteiger charge is -2.08. The molecule has 1 aromatic carbocycles. The number of benzene rings is 1. The van der Waals surface area contributed by atoms with Crippen molar-refractivity contribution < 1.29 is 4.42 Å². The molecule has 0 bridgehead atoms. The molecule has 2 heterocycles. The van der Waals surface area contributed by atoms with E-state index in [1.807, 2.05) is 35.7 Å². The van der Waals surface area contributed by atoms with E-state index in [0.29, 0.717) is 23.9 Å². The van der Waals surface area contributed by atoms with Crippen molar-refractivity contribution in [3.05, 3.63) is 52.0 Å². The van der Waals surface area contributed by atoms with E-state index in [9.17, 15) is 0 Å². The van der Waals surface area contributed by atoms with Crippen molar-refractivity contribution in [2.24, 2.45) is 0 Å². The highest BCUT2D eigenvalue weighted by Gasteiger charge is 2.10. The summed E-state index contributed by atoms with van der Waals surface area (Å²) in [6.07, 6.45) is 0. The molecule has 3 rings (SSSR count). The summed E-state index contributed by atoms with van der Waals surface area (Å²) in [5.41, 5.74) is 2.49. The summed E-state index contributed by atoms with van der Waals surface area (Å²) in [7, 11) is 0. The Morgan fingerprint density at radius 2 is 2.19 bits per heavy atom. The third-order valence-corrected chi connectivity index (χ3v) is 3.86. The van der Waals surface area contributed by atoms with Crippen LogP contribution in [0.3, 0.4) is 0 Å². The van der Waals surface area contributed by atoms with Crippen LogP contribution in [0.15, 0.2) is 40.1 Å². The van der Waals surface area contributed by atoms with Gasteiger partial charge in [0.25, 0.3) is 0 Å². The summed E-state index contributed by atoms with van der Waals surface area (Å²) in [6.45, 7) is 2.41. The first-order valence-corrected chi connectivity index (χ1v) is 7.25. The molecule has 2 aromatic heterocycles. The molecule has 6 heteroatoms. The Bertz CT molecular complexity index is 800. The van der Waals surface area contributed by atoms with Crippen molar-refractivity contribution in [3.63, 3.8) is 0 Å². The first-order chi connectivity index (χ1) is 10.3. The van der Waals surface area contributed by atoms with E-state index in [2.05, 4.69) is 21.6 Å². The summed E-state index contributed by atoms with van der Waals surface area (Å²) in [5, 5.41) is 21.9. The maximum Gasteiger partial charge on any atom is 0.249 e. The second kappa shape index (κ2) is 5.77. The van der Waals surface area contributed by atoms with Crippen LogP contribution in [-0.2, 0) is 6.54 Å². The largest absolute Gasteiger partial charge is 0.421 e. The van der Waals surface area contributed by atoms with Gasteiger partial charge in [0, 0.05) is 29.4 Å². The minimum atomic E-state index is 0.500. The molecule has 0 aliphatic carbocycles. The van der Waals surface area contributed by atoms with Crippen LogP contribution in [0.25, 0.3) is 11.5 Å². The number of nitrogens with one attached hydrogen (secondary N) is 1. The summed E-state index contributed by atoms with van der Waals surface area (Å²) in [5.74, 6) is 1.04. The Morgan fingerprint density at radius 3 is 2.90 bits per heavy atom. The SMILES string of the molecule is Cc1nnc(-c2ccccc2NCc2cc(C#N)cs2)o1. The summed E-state index contributed by atoms with van der Waals surface area (Å²) in [6, 6.07) is 11.8. The van der Waals surface area contributed by atoms with Crippen molar-refractivity contribution in [2.75, 3.05) is 5.32 Å². The number of nitrogens with zero attached hydrogens (tertiary/aromatic N) is 3. The lowest BCUT2D eigenvalue weighted by Crippen LogP contribution is -1.99. The van der Waals surface area contributed by atoms with Crippen LogP contribution in [-0.4, -0.2) is 10.2 Å². The molecule has 0 atom stereocenters. The average Bonchev–Trinajstić information content (AvgIpc) is 3.14. The molecule has 0 aliphatic rings. The first-order valence-electron chi connectivity index (χ1n) is 6.37. The predicted molar refractivity (Wildman–Crippen MR) is 80.8 cm³/mol. The zero-order valence-electron chi connectivity index (χ0n) is 11.3. The maximum absolute atomic E-state index is 8.84. The second-order valence-electron chi connectivity index (χ2n) is 4.44. The Morgan fingerprint density at radius 1 is 1.33 bits per heavy atom. The number of anilines is 1.